The number of benzene rings is 1. The van der Waals surface area contributed by atoms with Gasteiger partial charge in [0, 0.05) is 18.7 Å². The van der Waals surface area contributed by atoms with E-state index >= 15 is 0 Å². The highest BCUT2D eigenvalue weighted by Gasteiger charge is 2.03. The summed E-state index contributed by atoms with van der Waals surface area (Å²) in [5.74, 6) is 0.178. The van der Waals surface area contributed by atoms with Gasteiger partial charge in [-0.2, -0.15) is 0 Å². The zero-order valence-corrected chi connectivity index (χ0v) is 11.1. The van der Waals surface area contributed by atoms with Gasteiger partial charge in [-0.3, -0.25) is 0 Å². The average molecular weight is 260 g/mol. The standard InChI is InChI=1S/C13H19ClFNO/c1-3-10(4-2)16-7-8-17-11-5-6-13(15)12(14)9-11/h5-6,9-10,16H,3-4,7-8H2,1-2H3. The number of nitrogens with one attached hydrogen (secondary N) is 1. The zero-order valence-electron chi connectivity index (χ0n) is 10.3. The molecule has 0 fully saturated rings. The van der Waals surface area contributed by atoms with Crippen molar-refractivity contribution in [2.75, 3.05) is 13.2 Å². The summed E-state index contributed by atoms with van der Waals surface area (Å²) in [7, 11) is 0. The Morgan fingerprint density at radius 1 is 1.35 bits per heavy atom. The molecule has 0 saturated heterocycles. The summed E-state index contributed by atoms with van der Waals surface area (Å²) < 4.78 is 18.4. The molecule has 4 heteroatoms. The molecule has 0 aliphatic heterocycles. The number of hydrogen-bond donors (Lipinski definition) is 1. The largest absolute Gasteiger partial charge is 0.492 e. The number of rotatable bonds is 7. The Bertz CT molecular complexity index is 342. The molecule has 0 heterocycles. The Morgan fingerprint density at radius 3 is 2.65 bits per heavy atom. The van der Waals surface area contributed by atoms with Crippen LogP contribution in [0.25, 0.3) is 0 Å². The molecule has 17 heavy (non-hydrogen) atoms. The van der Waals surface area contributed by atoms with Gasteiger partial charge in [0.05, 0.1) is 5.02 Å². The van der Waals surface area contributed by atoms with E-state index in [0.29, 0.717) is 18.4 Å². The minimum Gasteiger partial charge on any atom is -0.492 e. The molecule has 0 aromatic heterocycles. The van der Waals surface area contributed by atoms with Gasteiger partial charge in [0.2, 0.25) is 0 Å². The lowest BCUT2D eigenvalue weighted by Gasteiger charge is -2.14. The lowest BCUT2D eigenvalue weighted by Crippen LogP contribution is -2.31. The summed E-state index contributed by atoms with van der Waals surface area (Å²) >= 11 is 5.65. The van der Waals surface area contributed by atoms with Crippen LogP contribution in [0.1, 0.15) is 26.7 Å². The van der Waals surface area contributed by atoms with Gasteiger partial charge in [0.1, 0.15) is 18.2 Å². The summed E-state index contributed by atoms with van der Waals surface area (Å²) in [4.78, 5) is 0. The van der Waals surface area contributed by atoms with E-state index in [1.54, 1.807) is 6.07 Å². The summed E-state index contributed by atoms with van der Waals surface area (Å²) in [5, 5.41) is 3.48. The average Bonchev–Trinajstić information content (AvgIpc) is 2.34. The van der Waals surface area contributed by atoms with Crippen LogP contribution in [0, 0.1) is 5.82 Å². The molecule has 0 aliphatic rings. The van der Waals surface area contributed by atoms with E-state index in [1.807, 2.05) is 0 Å². The van der Waals surface area contributed by atoms with Crippen molar-refractivity contribution in [2.45, 2.75) is 32.7 Å². The molecule has 2 nitrogen and oxygen atoms in total. The molecule has 0 saturated carbocycles. The molecule has 1 N–H and O–H groups in total. The summed E-state index contributed by atoms with van der Waals surface area (Å²) in [5.41, 5.74) is 0. The monoisotopic (exact) mass is 259 g/mol. The molecule has 0 unspecified atom stereocenters. The molecular formula is C13H19ClFNO. The Balaban J connectivity index is 2.28. The Hall–Kier alpha value is -0.800. The minimum atomic E-state index is -0.422. The maximum Gasteiger partial charge on any atom is 0.142 e. The second-order valence-corrected chi connectivity index (χ2v) is 4.30. The second kappa shape index (κ2) is 7.51. The first-order chi connectivity index (χ1) is 8.17. The molecule has 0 radical (unpaired) electrons. The van der Waals surface area contributed by atoms with Crippen molar-refractivity contribution in [3.63, 3.8) is 0 Å². The van der Waals surface area contributed by atoms with E-state index in [9.17, 15) is 4.39 Å². The van der Waals surface area contributed by atoms with Crippen LogP contribution in [0.4, 0.5) is 4.39 Å². The van der Waals surface area contributed by atoms with Crippen LogP contribution in [0.5, 0.6) is 5.75 Å². The fourth-order valence-electron chi connectivity index (χ4n) is 1.58. The van der Waals surface area contributed by atoms with Gasteiger partial charge in [-0.25, -0.2) is 4.39 Å². The van der Waals surface area contributed by atoms with Crippen LogP contribution in [-0.4, -0.2) is 19.2 Å². The molecule has 1 rings (SSSR count). The number of halogens is 2. The first-order valence-corrected chi connectivity index (χ1v) is 6.36. The maximum atomic E-state index is 12.9. The van der Waals surface area contributed by atoms with E-state index in [2.05, 4.69) is 19.2 Å². The zero-order chi connectivity index (χ0) is 12.7. The van der Waals surface area contributed by atoms with Crippen molar-refractivity contribution in [3.05, 3.63) is 29.0 Å². The highest BCUT2D eigenvalue weighted by Crippen LogP contribution is 2.20. The van der Waals surface area contributed by atoms with E-state index in [4.69, 9.17) is 16.3 Å². The molecule has 1 aromatic rings. The van der Waals surface area contributed by atoms with Crippen molar-refractivity contribution >= 4 is 11.6 Å². The van der Waals surface area contributed by atoms with Crippen molar-refractivity contribution in [3.8, 4) is 5.75 Å². The highest BCUT2D eigenvalue weighted by molar-refractivity contribution is 6.30. The lowest BCUT2D eigenvalue weighted by atomic mass is 10.2. The van der Waals surface area contributed by atoms with Crippen molar-refractivity contribution in [1.82, 2.24) is 5.32 Å². The number of ether oxygens (including phenoxy) is 1. The van der Waals surface area contributed by atoms with Gasteiger partial charge in [-0.15, -0.1) is 0 Å². The fraction of sp³-hybridized carbons (Fsp3) is 0.538. The van der Waals surface area contributed by atoms with Crippen LogP contribution < -0.4 is 10.1 Å². The van der Waals surface area contributed by atoms with Crippen LogP contribution in [0.3, 0.4) is 0 Å². The molecular weight excluding hydrogens is 241 g/mol. The topological polar surface area (TPSA) is 21.3 Å². The molecule has 0 spiro atoms. The van der Waals surface area contributed by atoms with Gasteiger partial charge in [0.15, 0.2) is 0 Å². The van der Waals surface area contributed by atoms with Crippen molar-refractivity contribution in [2.24, 2.45) is 0 Å². The SMILES string of the molecule is CCC(CC)NCCOc1ccc(F)c(Cl)c1. The van der Waals surface area contributed by atoms with Gasteiger partial charge < -0.3 is 10.1 Å². The highest BCUT2D eigenvalue weighted by atomic mass is 35.5. The normalized spacial score (nSPS) is 10.9. The Morgan fingerprint density at radius 2 is 2.06 bits per heavy atom. The molecule has 0 amide bonds. The Labute approximate surface area is 107 Å². The fourth-order valence-corrected chi connectivity index (χ4v) is 1.75. The van der Waals surface area contributed by atoms with E-state index < -0.39 is 5.82 Å². The van der Waals surface area contributed by atoms with Crippen LogP contribution in [-0.2, 0) is 0 Å². The smallest absolute Gasteiger partial charge is 0.142 e. The molecule has 0 bridgehead atoms. The van der Waals surface area contributed by atoms with Crippen molar-refractivity contribution < 1.29 is 9.13 Å². The predicted molar refractivity (Wildman–Crippen MR) is 69.3 cm³/mol. The first kappa shape index (κ1) is 14.3. The van der Waals surface area contributed by atoms with Crippen LogP contribution in [0.2, 0.25) is 5.02 Å². The third-order valence-corrected chi connectivity index (χ3v) is 2.97. The maximum absolute atomic E-state index is 12.9. The van der Waals surface area contributed by atoms with Gasteiger partial charge >= 0.3 is 0 Å². The third-order valence-electron chi connectivity index (χ3n) is 2.68. The molecule has 96 valence electrons. The predicted octanol–water partition coefficient (Wildman–Crippen LogP) is 3.64. The Kier molecular flexibility index (Phi) is 6.30. The van der Waals surface area contributed by atoms with E-state index in [1.165, 1.54) is 12.1 Å². The van der Waals surface area contributed by atoms with E-state index in [-0.39, 0.29) is 5.02 Å². The molecule has 0 aliphatic carbocycles. The summed E-state index contributed by atoms with van der Waals surface area (Å²) in [6.45, 7) is 5.64. The minimum absolute atomic E-state index is 0.0930. The van der Waals surface area contributed by atoms with Gasteiger partial charge in [-0.05, 0) is 25.0 Å². The lowest BCUT2D eigenvalue weighted by molar-refractivity contribution is 0.302. The van der Waals surface area contributed by atoms with E-state index in [0.717, 1.165) is 19.4 Å². The number of hydrogen-bond acceptors (Lipinski definition) is 2. The second-order valence-electron chi connectivity index (χ2n) is 3.89. The van der Waals surface area contributed by atoms with Crippen LogP contribution in [0.15, 0.2) is 18.2 Å². The molecule has 0 atom stereocenters. The summed E-state index contributed by atoms with van der Waals surface area (Å²) in [6, 6.07) is 4.92. The van der Waals surface area contributed by atoms with Crippen molar-refractivity contribution in [1.29, 1.82) is 0 Å². The van der Waals surface area contributed by atoms with Gasteiger partial charge in [-0.1, -0.05) is 25.4 Å². The summed E-state index contributed by atoms with van der Waals surface area (Å²) in [6.07, 6.45) is 2.22. The first-order valence-electron chi connectivity index (χ1n) is 5.98. The van der Waals surface area contributed by atoms with Gasteiger partial charge in [0.25, 0.3) is 0 Å². The molecule has 1 aromatic carbocycles. The quantitative estimate of drug-likeness (QED) is 0.755. The third kappa shape index (κ3) is 4.92. The van der Waals surface area contributed by atoms with Crippen LogP contribution >= 0.6 is 11.6 Å².